The van der Waals surface area contributed by atoms with E-state index in [1.165, 1.54) is 5.06 Å². The van der Waals surface area contributed by atoms with E-state index in [0.29, 0.717) is 6.54 Å². The van der Waals surface area contributed by atoms with E-state index in [0.717, 1.165) is 37.8 Å². The number of nitrogens with zero attached hydrogens (tertiary/aromatic N) is 1. The third kappa shape index (κ3) is 5.41. The van der Waals surface area contributed by atoms with Gasteiger partial charge in [-0.1, -0.05) is 6.42 Å². The van der Waals surface area contributed by atoms with Crippen LogP contribution in [0.1, 0.15) is 59.8 Å². The zero-order chi connectivity index (χ0) is 15.2. The predicted molar refractivity (Wildman–Crippen MR) is 78.5 cm³/mol. The van der Waals surface area contributed by atoms with Gasteiger partial charge in [-0.05, 0) is 59.5 Å². The van der Waals surface area contributed by atoms with Crippen LogP contribution in [0.15, 0.2) is 11.8 Å². The standard InChI is InChI=1S/C15H28N2O3/c1-5-16-14(18)20-13-10-8-6-7-9-12(11-13)17(19)15(2,3)4/h11,13,19H,5-10H2,1-4H3,(H,16,18)/b12-11+. The number of ether oxygens (including phenoxy) is 1. The Morgan fingerprint density at radius 1 is 1.45 bits per heavy atom. The Balaban J connectivity index is 2.80. The second kappa shape index (κ2) is 7.53. The van der Waals surface area contributed by atoms with Gasteiger partial charge in [-0.25, -0.2) is 4.79 Å². The monoisotopic (exact) mass is 284 g/mol. The van der Waals surface area contributed by atoms with Crippen LogP contribution in [0.2, 0.25) is 0 Å². The van der Waals surface area contributed by atoms with Crippen LogP contribution in [0.25, 0.3) is 0 Å². The van der Waals surface area contributed by atoms with Crippen LogP contribution in [0.4, 0.5) is 4.79 Å². The first-order valence-corrected chi connectivity index (χ1v) is 7.49. The van der Waals surface area contributed by atoms with E-state index < -0.39 is 6.09 Å². The molecule has 0 aliphatic heterocycles. The zero-order valence-electron chi connectivity index (χ0n) is 13.1. The Morgan fingerprint density at radius 3 is 2.75 bits per heavy atom. The number of carbonyl (C=O) groups is 1. The molecule has 20 heavy (non-hydrogen) atoms. The molecular formula is C15H28N2O3. The van der Waals surface area contributed by atoms with E-state index in [1.807, 2.05) is 33.8 Å². The number of hydrogen-bond donors (Lipinski definition) is 2. The highest BCUT2D eigenvalue weighted by atomic mass is 16.6. The Bertz CT molecular complexity index is 348. The molecule has 5 nitrogen and oxygen atoms in total. The number of amides is 1. The van der Waals surface area contributed by atoms with E-state index in [9.17, 15) is 10.0 Å². The van der Waals surface area contributed by atoms with E-state index in [4.69, 9.17) is 4.74 Å². The average molecular weight is 284 g/mol. The molecule has 5 heteroatoms. The van der Waals surface area contributed by atoms with Gasteiger partial charge in [0.05, 0.1) is 5.54 Å². The summed E-state index contributed by atoms with van der Waals surface area (Å²) in [5.41, 5.74) is 0.479. The topological polar surface area (TPSA) is 61.8 Å². The Labute approximate surface area is 121 Å². The highest BCUT2D eigenvalue weighted by Crippen LogP contribution is 2.25. The molecule has 116 valence electrons. The minimum Gasteiger partial charge on any atom is -0.442 e. The number of alkyl carbamates (subject to hydrolysis) is 1. The van der Waals surface area contributed by atoms with Gasteiger partial charge in [0.25, 0.3) is 0 Å². The van der Waals surface area contributed by atoms with Crippen molar-refractivity contribution in [3.63, 3.8) is 0 Å². The highest BCUT2D eigenvalue weighted by Gasteiger charge is 2.24. The third-order valence-electron chi connectivity index (χ3n) is 3.29. The molecule has 0 saturated carbocycles. The molecule has 0 radical (unpaired) electrons. The van der Waals surface area contributed by atoms with Crippen molar-refractivity contribution in [2.24, 2.45) is 0 Å². The lowest BCUT2D eigenvalue weighted by Gasteiger charge is -2.34. The zero-order valence-corrected chi connectivity index (χ0v) is 13.1. The molecule has 0 saturated heterocycles. The van der Waals surface area contributed by atoms with Crippen molar-refractivity contribution >= 4 is 6.09 Å². The van der Waals surface area contributed by atoms with Crippen LogP contribution >= 0.6 is 0 Å². The van der Waals surface area contributed by atoms with Crippen molar-refractivity contribution < 1.29 is 14.7 Å². The molecule has 0 aromatic heterocycles. The van der Waals surface area contributed by atoms with Gasteiger partial charge in [-0.2, -0.15) is 0 Å². The SMILES string of the molecule is CCNC(=O)OC1/C=C(/N(O)C(C)(C)C)CCCCC1. The second-order valence-electron chi connectivity index (χ2n) is 6.21. The molecule has 1 aliphatic carbocycles. The fourth-order valence-electron chi connectivity index (χ4n) is 2.23. The fourth-order valence-corrected chi connectivity index (χ4v) is 2.23. The molecular weight excluding hydrogens is 256 g/mol. The summed E-state index contributed by atoms with van der Waals surface area (Å²) in [4.78, 5) is 11.5. The van der Waals surface area contributed by atoms with Gasteiger partial charge >= 0.3 is 6.09 Å². The summed E-state index contributed by atoms with van der Waals surface area (Å²) >= 11 is 0. The van der Waals surface area contributed by atoms with E-state index in [-0.39, 0.29) is 11.6 Å². The maximum atomic E-state index is 11.5. The molecule has 0 spiro atoms. The maximum absolute atomic E-state index is 11.5. The van der Waals surface area contributed by atoms with E-state index in [2.05, 4.69) is 5.32 Å². The number of carbonyl (C=O) groups excluding carboxylic acids is 1. The van der Waals surface area contributed by atoms with Crippen molar-refractivity contribution in [1.82, 2.24) is 10.4 Å². The number of rotatable bonds is 3. The van der Waals surface area contributed by atoms with Crippen LogP contribution in [0, 0.1) is 0 Å². The maximum Gasteiger partial charge on any atom is 0.407 e. The minimum atomic E-state index is -0.395. The molecule has 2 N–H and O–H groups in total. The Morgan fingerprint density at radius 2 is 2.15 bits per heavy atom. The van der Waals surface area contributed by atoms with E-state index in [1.54, 1.807) is 0 Å². The van der Waals surface area contributed by atoms with Crippen molar-refractivity contribution in [3.8, 4) is 0 Å². The summed E-state index contributed by atoms with van der Waals surface area (Å²) < 4.78 is 5.40. The molecule has 0 fully saturated rings. The van der Waals surface area contributed by atoms with Crippen molar-refractivity contribution in [2.45, 2.75) is 71.4 Å². The van der Waals surface area contributed by atoms with Crippen LogP contribution in [0.5, 0.6) is 0 Å². The van der Waals surface area contributed by atoms with Crippen LogP contribution in [0.3, 0.4) is 0 Å². The number of allylic oxidation sites excluding steroid dienone is 1. The van der Waals surface area contributed by atoms with Crippen molar-refractivity contribution in [2.75, 3.05) is 6.54 Å². The largest absolute Gasteiger partial charge is 0.442 e. The van der Waals surface area contributed by atoms with Gasteiger partial charge in [0.1, 0.15) is 6.10 Å². The smallest absolute Gasteiger partial charge is 0.407 e. The summed E-state index contributed by atoms with van der Waals surface area (Å²) in [6, 6.07) is 0. The van der Waals surface area contributed by atoms with Gasteiger partial charge in [-0.15, -0.1) is 0 Å². The van der Waals surface area contributed by atoms with Gasteiger partial charge in [0.15, 0.2) is 0 Å². The minimum absolute atomic E-state index is 0.270. The lowest BCUT2D eigenvalue weighted by atomic mass is 9.99. The lowest BCUT2D eigenvalue weighted by Crippen LogP contribution is -2.39. The first-order valence-electron chi connectivity index (χ1n) is 7.49. The van der Waals surface area contributed by atoms with Crippen LogP contribution in [-0.2, 0) is 4.74 Å². The van der Waals surface area contributed by atoms with Crippen LogP contribution < -0.4 is 5.32 Å². The average Bonchev–Trinajstić information content (AvgIpc) is 2.30. The van der Waals surface area contributed by atoms with Gasteiger partial charge < -0.3 is 10.1 Å². The van der Waals surface area contributed by atoms with Crippen LogP contribution in [-0.4, -0.2) is 34.6 Å². The van der Waals surface area contributed by atoms with Gasteiger partial charge in [0, 0.05) is 12.2 Å². The number of hydrogen-bond acceptors (Lipinski definition) is 4. The molecule has 0 aromatic carbocycles. The summed E-state index contributed by atoms with van der Waals surface area (Å²) in [7, 11) is 0. The highest BCUT2D eigenvalue weighted by molar-refractivity contribution is 5.67. The Hall–Kier alpha value is -1.23. The van der Waals surface area contributed by atoms with Gasteiger partial charge in [-0.3, -0.25) is 10.3 Å². The molecule has 1 rings (SSSR count). The molecule has 1 atom stereocenters. The van der Waals surface area contributed by atoms with Crippen molar-refractivity contribution in [3.05, 3.63) is 11.8 Å². The van der Waals surface area contributed by atoms with Crippen molar-refractivity contribution in [1.29, 1.82) is 0 Å². The summed E-state index contributed by atoms with van der Waals surface area (Å²) in [5.74, 6) is 0. The molecule has 0 aromatic rings. The molecule has 1 aliphatic rings. The first-order chi connectivity index (χ1) is 9.34. The summed E-state index contributed by atoms with van der Waals surface area (Å²) in [6.07, 6.45) is 6.01. The normalized spacial score (nSPS) is 23.1. The van der Waals surface area contributed by atoms with Gasteiger partial charge in [0.2, 0.25) is 0 Å². The summed E-state index contributed by atoms with van der Waals surface area (Å²) in [6.45, 7) is 8.26. The lowest BCUT2D eigenvalue weighted by molar-refractivity contribution is -0.127. The predicted octanol–water partition coefficient (Wildman–Crippen LogP) is 3.44. The molecule has 1 unspecified atom stereocenters. The second-order valence-corrected chi connectivity index (χ2v) is 6.21. The quantitative estimate of drug-likeness (QED) is 0.779. The fraction of sp³-hybridized carbons (Fsp3) is 0.800. The molecule has 0 heterocycles. The molecule has 0 bridgehead atoms. The summed E-state index contributed by atoms with van der Waals surface area (Å²) in [5, 5.41) is 14.2. The number of nitrogens with one attached hydrogen (secondary N) is 1. The first kappa shape index (κ1) is 16.8. The third-order valence-corrected chi connectivity index (χ3v) is 3.29. The van der Waals surface area contributed by atoms with E-state index >= 15 is 0 Å². The Kier molecular flexibility index (Phi) is 6.33. The molecule has 1 amide bonds. The number of hydroxylamine groups is 2.